The van der Waals surface area contributed by atoms with Gasteiger partial charge in [0.05, 0.1) is 0 Å². The Morgan fingerprint density at radius 3 is 2.17 bits per heavy atom. The van der Waals surface area contributed by atoms with Crippen LogP contribution in [0.3, 0.4) is 0 Å². The van der Waals surface area contributed by atoms with Gasteiger partial charge in [0, 0.05) is 6.42 Å². The zero-order valence-corrected chi connectivity index (χ0v) is 12.5. The molecule has 0 rings (SSSR count). The number of hydrogen-bond acceptors (Lipinski definition) is 1. The van der Waals surface area contributed by atoms with Crippen molar-refractivity contribution in [1.82, 2.24) is 0 Å². The second kappa shape index (κ2) is 14.5. The number of carbonyl (C=O) groups is 1. The van der Waals surface area contributed by atoms with Crippen LogP contribution in [0.1, 0.15) is 84.5 Å². The summed E-state index contributed by atoms with van der Waals surface area (Å²) in [7, 11) is 0. The normalized spacial score (nSPS) is 13.0. The summed E-state index contributed by atoms with van der Waals surface area (Å²) >= 11 is 0. The molecule has 0 fully saturated rings. The fourth-order valence-electron chi connectivity index (χ4n) is 2.18. The summed E-state index contributed by atoms with van der Waals surface area (Å²) in [5.74, 6) is 0.706. The minimum atomic E-state index is 0.706. The predicted molar refractivity (Wildman–Crippen MR) is 80.8 cm³/mol. The lowest BCUT2D eigenvalue weighted by Gasteiger charge is -2.07. The van der Waals surface area contributed by atoms with E-state index in [1.54, 1.807) is 0 Å². The summed E-state index contributed by atoms with van der Waals surface area (Å²) in [6.45, 7) is 4.51. The molecule has 0 aliphatic carbocycles. The Labute approximate surface area is 114 Å². The van der Waals surface area contributed by atoms with E-state index in [1.165, 1.54) is 57.8 Å². The van der Waals surface area contributed by atoms with Crippen LogP contribution < -0.4 is 0 Å². The highest BCUT2D eigenvalue weighted by Crippen LogP contribution is 2.13. The number of unbranched alkanes of at least 4 members (excludes halogenated alkanes) is 6. The van der Waals surface area contributed by atoms with Gasteiger partial charge in [-0.05, 0) is 38.0 Å². The van der Waals surface area contributed by atoms with Crippen molar-refractivity contribution < 1.29 is 4.79 Å². The standard InChI is InChI=1S/C17H32O/c1-3-4-5-6-7-8-9-10-11-12-14-17(2)15-13-16-18/h9-10,16-17H,3-8,11-15H2,1-2H3. The molecule has 1 nitrogen and oxygen atoms in total. The summed E-state index contributed by atoms with van der Waals surface area (Å²) < 4.78 is 0. The summed E-state index contributed by atoms with van der Waals surface area (Å²) in [4.78, 5) is 10.2. The molecular weight excluding hydrogens is 220 g/mol. The smallest absolute Gasteiger partial charge is 0.120 e. The van der Waals surface area contributed by atoms with Gasteiger partial charge in [0.15, 0.2) is 0 Å². The van der Waals surface area contributed by atoms with Gasteiger partial charge < -0.3 is 4.79 Å². The van der Waals surface area contributed by atoms with Crippen LogP contribution in [0.15, 0.2) is 12.2 Å². The average Bonchev–Trinajstić information content (AvgIpc) is 2.38. The molecule has 0 aromatic heterocycles. The van der Waals surface area contributed by atoms with E-state index in [4.69, 9.17) is 0 Å². The van der Waals surface area contributed by atoms with E-state index in [-0.39, 0.29) is 0 Å². The first kappa shape index (κ1) is 17.4. The van der Waals surface area contributed by atoms with Gasteiger partial charge in [-0.25, -0.2) is 0 Å². The summed E-state index contributed by atoms with van der Waals surface area (Å²) in [6.07, 6.45) is 19.4. The fraction of sp³-hybridized carbons (Fsp3) is 0.824. The van der Waals surface area contributed by atoms with E-state index in [9.17, 15) is 4.79 Å². The average molecular weight is 252 g/mol. The maximum atomic E-state index is 10.2. The van der Waals surface area contributed by atoms with Crippen LogP contribution in [0.4, 0.5) is 0 Å². The van der Waals surface area contributed by atoms with Gasteiger partial charge in [-0.1, -0.05) is 58.1 Å². The molecule has 0 radical (unpaired) electrons. The molecule has 0 aliphatic rings. The van der Waals surface area contributed by atoms with Gasteiger partial charge in [0.2, 0.25) is 0 Å². The molecule has 0 aliphatic heterocycles. The van der Waals surface area contributed by atoms with Gasteiger partial charge >= 0.3 is 0 Å². The lowest BCUT2D eigenvalue weighted by Crippen LogP contribution is -1.94. The van der Waals surface area contributed by atoms with Crippen molar-refractivity contribution in [2.24, 2.45) is 5.92 Å². The molecule has 0 amide bonds. The number of rotatable bonds is 13. The predicted octanol–water partition coefficient (Wildman–Crippen LogP) is 5.69. The van der Waals surface area contributed by atoms with E-state index in [0.29, 0.717) is 5.92 Å². The number of aldehydes is 1. The number of hydrogen-bond donors (Lipinski definition) is 0. The highest BCUT2D eigenvalue weighted by Gasteiger charge is 1.99. The Kier molecular flexibility index (Phi) is 14.0. The van der Waals surface area contributed by atoms with Crippen LogP contribution >= 0.6 is 0 Å². The molecule has 1 atom stereocenters. The van der Waals surface area contributed by atoms with Crippen LogP contribution in [-0.4, -0.2) is 6.29 Å². The molecule has 0 saturated carbocycles. The van der Waals surface area contributed by atoms with Crippen LogP contribution in [0.2, 0.25) is 0 Å². The summed E-state index contributed by atoms with van der Waals surface area (Å²) in [5, 5.41) is 0. The molecule has 0 heterocycles. The molecule has 106 valence electrons. The lowest BCUT2D eigenvalue weighted by atomic mass is 9.99. The minimum absolute atomic E-state index is 0.706. The Morgan fingerprint density at radius 1 is 0.833 bits per heavy atom. The van der Waals surface area contributed by atoms with E-state index in [0.717, 1.165) is 19.1 Å². The van der Waals surface area contributed by atoms with Crippen molar-refractivity contribution in [3.8, 4) is 0 Å². The summed E-state index contributed by atoms with van der Waals surface area (Å²) in [5.41, 5.74) is 0. The SMILES string of the molecule is CCCCCCCC=CCCCC(C)CCC=O. The van der Waals surface area contributed by atoms with Gasteiger partial charge in [-0.3, -0.25) is 0 Å². The van der Waals surface area contributed by atoms with E-state index >= 15 is 0 Å². The van der Waals surface area contributed by atoms with Gasteiger partial charge in [-0.15, -0.1) is 0 Å². The van der Waals surface area contributed by atoms with Gasteiger partial charge in [-0.2, -0.15) is 0 Å². The number of carbonyl (C=O) groups excluding carboxylic acids is 1. The van der Waals surface area contributed by atoms with Gasteiger partial charge in [0.25, 0.3) is 0 Å². The Balaban J connectivity index is 3.19. The Morgan fingerprint density at radius 2 is 1.50 bits per heavy atom. The topological polar surface area (TPSA) is 17.1 Å². The fourth-order valence-corrected chi connectivity index (χ4v) is 2.18. The first-order chi connectivity index (χ1) is 8.81. The molecule has 0 N–H and O–H groups in total. The third-order valence-corrected chi connectivity index (χ3v) is 3.49. The zero-order chi connectivity index (χ0) is 13.5. The molecular formula is C17H32O. The highest BCUT2D eigenvalue weighted by atomic mass is 16.1. The Hall–Kier alpha value is -0.590. The molecule has 1 heteroatoms. The summed E-state index contributed by atoms with van der Waals surface area (Å²) in [6, 6.07) is 0. The van der Waals surface area contributed by atoms with E-state index < -0.39 is 0 Å². The van der Waals surface area contributed by atoms with Crippen molar-refractivity contribution in [2.75, 3.05) is 0 Å². The minimum Gasteiger partial charge on any atom is -0.303 e. The van der Waals surface area contributed by atoms with E-state index in [1.807, 2.05) is 0 Å². The first-order valence-corrected chi connectivity index (χ1v) is 7.89. The second-order valence-electron chi connectivity index (χ2n) is 5.45. The molecule has 18 heavy (non-hydrogen) atoms. The van der Waals surface area contributed by atoms with Crippen LogP contribution in [0, 0.1) is 5.92 Å². The van der Waals surface area contributed by atoms with Crippen molar-refractivity contribution in [3.63, 3.8) is 0 Å². The molecule has 0 aromatic carbocycles. The van der Waals surface area contributed by atoms with E-state index in [2.05, 4.69) is 26.0 Å². The monoisotopic (exact) mass is 252 g/mol. The highest BCUT2D eigenvalue weighted by molar-refractivity contribution is 5.49. The molecule has 0 aromatic rings. The molecule has 0 bridgehead atoms. The number of allylic oxidation sites excluding steroid dienone is 2. The first-order valence-electron chi connectivity index (χ1n) is 7.89. The zero-order valence-electron chi connectivity index (χ0n) is 12.5. The molecule has 0 spiro atoms. The molecule has 1 unspecified atom stereocenters. The van der Waals surface area contributed by atoms with Gasteiger partial charge in [0.1, 0.15) is 6.29 Å². The van der Waals surface area contributed by atoms with Crippen molar-refractivity contribution >= 4 is 6.29 Å². The van der Waals surface area contributed by atoms with Crippen molar-refractivity contribution in [1.29, 1.82) is 0 Å². The second-order valence-corrected chi connectivity index (χ2v) is 5.45. The van der Waals surface area contributed by atoms with Crippen molar-refractivity contribution in [3.05, 3.63) is 12.2 Å². The van der Waals surface area contributed by atoms with Crippen LogP contribution in [-0.2, 0) is 4.79 Å². The van der Waals surface area contributed by atoms with Crippen molar-refractivity contribution in [2.45, 2.75) is 84.5 Å². The quantitative estimate of drug-likeness (QED) is 0.234. The maximum Gasteiger partial charge on any atom is 0.120 e. The van der Waals surface area contributed by atoms with Crippen LogP contribution in [0.5, 0.6) is 0 Å². The third kappa shape index (κ3) is 13.5. The largest absolute Gasteiger partial charge is 0.303 e. The van der Waals surface area contributed by atoms with Crippen LogP contribution in [0.25, 0.3) is 0 Å². The lowest BCUT2D eigenvalue weighted by molar-refractivity contribution is -0.108. The maximum absolute atomic E-state index is 10.2. The Bertz CT molecular complexity index is 196. The third-order valence-electron chi connectivity index (χ3n) is 3.49. The molecule has 0 saturated heterocycles.